The van der Waals surface area contributed by atoms with Crippen molar-refractivity contribution in [1.29, 1.82) is 0 Å². The van der Waals surface area contributed by atoms with Gasteiger partial charge in [-0.2, -0.15) is 0 Å². The zero-order valence-corrected chi connectivity index (χ0v) is 22.1. The molecule has 0 heterocycles. The molecule has 4 nitrogen and oxygen atoms in total. The van der Waals surface area contributed by atoms with Crippen molar-refractivity contribution in [3.8, 4) is 0 Å². The van der Waals surface area contributed by atoms with E-state index in [1.807, 2.05) is 6.92 Å². The lowest BCUT2D eigenvalue weighted by atomic mass is 9.34. The second kappa shape index (κ2) is 7.66. The highest BCUT2D eigenvalue weighted by molar-refractivity contribution is 5.36. The summed E-state index contributed by atoms with van der Waals surface area (Å²) < 4.78 is 0. The van der Waals surface area contributed by atoms with Gasteiger partial charge < -0.3 is 20.4 Å². The maximum absolute atomic E-state index is 11.0. The number of hydrogen-bond acceptors (Lipinski definition) is 4. The molecule has 0 saturated heterocycles. The zero-order chi connectivity index (χ0) is 24.9. The van der Waals surface area contributed by atoms with E-state index in [0.717, 1.165) is 44.9 Å². The smallest absolute Gasteiger partial charge is 0.0877 e. The Morgan fingerprint density at radius 3 is 2.29 bits per heavy atom. The Bertz CT molecular complexity index is 896. The molecule has 0 aromatic heterocycles. The molecule has 0 radical (unpaired) electrons. The van der Waals surface area contributed by atoms with E-state index < -0.39 is 17.6 Å². The average molecular weight is 473 g/mol. The molecular formula is C30H48O4. The first-order valence-electron chi connectivity index (χ1n) is 13.8. The summed E-state index contributed by atoms with van der Waals surface area (Å²) in [4.78, 5) is 0. The minimum absolute atomic E-state index is 0.000135. The lowest BCUT2D eigenvalue weighted by molar-refractivity contribution is -0.242. The summed E-state index contributed by atoms with van der Waals surface area (Å²) in [6.45, 7) is 16.1. The fourth-order valence-corrected chi connectivity index (χ4v) is 10.9. The van der Waals surface area contributed by atoms with E-state index in [-0.39, 0.29) is 40.8 Å². The van der Waals surface area contributed by atoms with Crippen LogP contribution < -0.4 is 0 Å². The molecule has 4 heteroatoms. The van der Waals surface area contributed by atoms with Gasteiger partial charge in [-0.05, 0) is 98.2 Å². The Morgan fingerprint density at radius 1 is 0.971 bits per heavy atom. The molecule has 192 valence electrons. The summed E-state index contributed by atoms with van der Waals surface area (Å²) >= 11 is 0. The molecule has 4 N–H and O–H groups in total. The molecule has 0 amide bonds. The predicted octanol–water partition coefficient (Wildman–Crippen LogP) is 4.86. The molecule has 0 aliphatic heterocycles. The lowest BCUT2D eigenvalue weighted by Gasteiger charge is -2.71. The van der Waals surface area contributed by atoms with Crippen molar-refractivity contribution in [2.75, 3.05) is 13.2 Å². The fraction of sp³-hybridized carbons (Fsp3) is 0.867. The van der Waals surface area contributed by atoms with Gasteiger partial charge in [0.15, 0.2) is 0 Å². The van der Waals surface area contributed by atoms with Crippen LogP contribution in [0.25, 0.3) is 0 Å². The van der Waals surface area contributed by atoms with Crippen LogP contribution in [0.3, 0.4) is 0 Å². The maximum atomic E-state index is 11.0. The molecular weight excluding hydrogens is 424 g/mol. The SMILES string of the molecule is C=C(C)C1CCC2(CO)CCC3(C)C(=CCC4C5(C)CC(O)C(O)C(C)(CO)C5CCC43C)C12. The molecule has 11 atom stereocenters. The molecule has 0 aromatic carbocycles. The minimum atomic E-state index is -0.875. The molecule has 4 fully saturated rings. The van der Waals surface area contributed by atoms with Gasteiger partial charge in [0.05, 0.1) is 18.8 Å². The number of rotatable bonds is 3. The number of aliphatic hydroxyl groups is 4. The van der Waals surface area contributed by atoms with Crippen LogP contribution in [0.1, 0.15) is 86.0 Å². The Labute approximate surface area is 206 Å². The number of allylic oxidation sites excluding steroid dienone is 3. The van der Waals surface area contributed by atoms with E-state index in [2.05, 4.69) is 40.3 Å². The molecule has 0 spiro atoms. The van der Waals surface area contributed by atoms with Gasteiger partial charge in [-0.1, -0.05) is 51.5 Å². The first-order chi connectivity index (χ1) is 15.8. The standard InChI is InChI=1S/C30H48O4/c1-18(2)19-9-12-30(17-32)14-13-28(5)20(24(19)30)7-8-23-26(3)15-21(33)25(34)27(4,16-31)22(26)10-11-29(23,28)6/h7,19,21-25,31-34H,1,8-17H2,2-6H3. The van der Waals surface area contributed by atoms with Gasteiger partial charge in [0, 0.05) is 17.4 Å². The van der Waals surface area contributed by atoms with Crippen LogP contribution in [-0.2, 0) is 0 Å². The van der Waals surface area contributed by atoms with Crippen molar-refractivity contribution in [3.63, 3.8) is 0 Å². The van der Waals surface area contributed by atoms with Crippen molar-refractivity contribution in [2.45, 2.75) is 98.2 Å². The quantitative estimate of drug-likeness (QED) is 0.442. The third-order valence-electron chi connectivity index (χ3n) is 13.0. The molecule has 5 aliphatic rings. The molecule has 34 heavy (non-hydrogen) atoms. The topological polar surface area (TPSA) is 80.9 Å². The summed E-state index contributed by atoms with van der Waals surface area (Å²) in [6, 6.07) is 0. The second-order valence-corrected chi connectivity index (χ2v) is 14.2. The fourth-order valence-electron chi connectivity index (χ4n) is 10.9. The Hall–Kier alpha value is -0.680. The molecule has 4 saturated carbocycles. The highest BCUT2D eigenvalue weighted by atomic mass is 16.3. The zero-order valence-electron chi connectivity index (χ0n) is 22.1. The molecule has 5 rings (SSSR count). The second-order valence-electron chi connectivity index (χ2n) is 14.2. The van der Waals surface area contributed by atoms with E-state index in [0.29, 0.717) is 24.2 Å². The van der Waals surface area contributed by atoms with Crippen molar-refractivity contribution in [2.24, 2.45) is 50.7 Å². The van der Waals surface area contributed by atoms with Crippen molar-refractivity contribution in [3.05, 3.63) is 23.8 Å². The third-order valence-corrected chi connectivity index (χ3v) is 13.0. The van der Waals surface area contributed by atoms with Crippen molar-refractivity contribution < 1.29 is 20.4 Å². The van der Waals surface area contributed by atoms with Gasteiger partial charge in [-0.25, -0.2) is 0 Å². The summed E-state index contributed by atoms with van der Waals surface area (Å²) in [5.41, 5.74) is 2.18. The first-order valence-corrected chi connectivity index (χ1v) is 13.8. The summed E-state index contributed by atoms with van der Waals surface area (Å²) in [5.74, 6) is 1.43. The Kier molecular flexibility index (Phi) is 5.63. The van der Waals surface area contributed by atoms with E-state index >= 15 is 0 Å². The summed E-state index contributed by atoms with van der Waals surface area (Å²) in [5, 5.41) is 43.0. The first kappa shape index (κ1) is 25.0. The monoisotopic (exact) mass is 472 g/mol. The van der Waals surface area contributed by atoms with Crippen molar-refractivity contribution >= 4 is 0 Å². The maximum Gasteiger partial charge on any atom is 0.0877 e. The Morgan fingerprint density at radius 2 is 1.68 bits per heavy atom. The molecule has 0 bridgehead atoms. The van der Waals surface area contributed by atoms with Crippen LogP contribution in [0.5, 0.6) is 0 Å². The van der Waals surface area contributed by atoms with E-state index in [1.165, 1.54) is 5.57 Å². The van der Waals surface area contributed by atoms with Gasteiger partial charge in [0.25, 0.3) is 0 Å². The molecule has 11 unspecified atom stereocenters. The van der Waals surface area contributed by atoms with Gasteiger partial charge in [0.2, 0.25) is 0 Å². The Balaban J connectivity index is 1.61. The number of fused-ring (bicyclic) bond motifs is 7. The van der Waals surface area contributed by atoms with Crippen LogP contribution in [0.2, 0.25) is 0 Å². The van der Waals surface area contributed by atoms with Crippen LogP contribution in [0.15, 0.2) is 23.8 Å². The van der Waals surface area contributed by atoms with Crippen molar-refractivity contribution in [1.82, 2.24) is 0 Å². The van der Waals surface area contributed by atoms with Crippen LogP contribution in [0, 0.1) is 50.7 Å². The number of hydrogen-bond donors (Lipinski definition) is 4. The lowest BCUT2D eigenvalue weighted by Crippen LogP contribution is -2.67. The molecule has 0 aromatic rings. The minimum Gasteiger partial charge on any atom is -0.396 e. The van der Waals surface area contributed by atoms with Gasteiger partial charge >= 0.3 is 0 Å². The summed E-state index contributed by atoms with van der Waals surface area (Å²) in [7, 11) is 0. The van der Waals surface area contributed by atoms with E-state index in [4.69, 9.17) is 0 Å². The van der Waals surface area contributed by atoms with Gasteiger partial charge in [-0.15, -0.1) is 0 Å². The molecule has 5 aliphatic carbocycles. The summed E-state index contributed by atoms with van der Waals surface area (Å²) in [6.07, 6.45) is 8.93. The van der Waals surface area contributed by atoms with Crippen LogP contribution >= 0.6 is 0 Å². The van der Waals surface area contributed by atoms with E-state index in [9.17, 15) is 20.4 Å². The van der Waals surface area contributed by atoms with Gasteiger partial charge in [-0.3, -0.25) is 0 Å². The van der Waals surface area contributed by atoms with Gasteiger partial charge in [0.1, 0.15) is 0 Å². The normalized spacial score (nSPS) is 56.6. The van der Waals surface area contributed by atoms with Crippen LogP contribution in [-0.4, -0.2) is 45.8 Å². The third kappa shape index (κ3) is 2.80. The predicted molar refractivity (Wildman–Crippen MR) is 135 cm³/mol. The van der Waals surface area contributed by atoms with E-state index in [1.54, 1.807) is 5.57 Å². The number of aliphatic hydroxyl groups excluding tert-OH is 4. The highest BCUT2D eigenvalue weighted by Gasteiger charge is 2.70. The highest BCUT2D eigenvalue weighted by Crippen LogP contribution is 2.76. The van der Waals surface area contributed by atoms with Crippen LogP contribution in [0.4, 0.5) is 0 Å². The largest absolute Gasteiger partial charge is 0.396 e. The average Bonchev–Trinajstić information content (AvgIpc) is 3.18.